The minimum Gasteiger partial charge on any atom is -0.378 e. The Labute approximate surface area is 111 Å². The third-order valence-electron chi connectivity index (χ3n) is 2.30. The Hall–Kier alpha value is -1.08. The molecule has 1 aromatic heterocycles. The predicted octanol–water partition coefficient (Wildman–Crippen LogP) is 0.684. The fraction of sp³-hybridized carbons (Fsp3) is 0.727. The van der Waals surface area contributed by atoms with Gasteiger partial charge in [0.1, 0.15) is 5.69 Å². The number of thioether (sulfide) groups is 1. The van der Waals surface area contributed by atoms with E-state index in [1.165, 1.54) is 0 Å². The zero-order valence-electron chi connectivity index (χ0n) is 10.9. The van der Waals surface area contributed by atoms with Gasteiger partial charge < -0.3 is 10.1 Å². The van der Waals surface area contributed by atoms with E-state index in [2.05, 4.69) is 15.6 Å². The minimum absolute atomic E-state index is 0.0984. The molecule has 0 aromatic carbocycles. The second kappa shape index (κ2) is 8.93. The maximum Gasteiger partial charge on any atom is 0.220 e. The highest BCUT2D eigenvalue weighted by Gasteiger charge is 2.03. The molecule has 102 valence electrons. The fourth-order valence-corrected chi connectivity index (χ4v) is 1.75. The summed E-state index contributed by atoms with van der Waals surface area (Å²) in [4.78, 5) is 11.4. The Morgan fingerprint density at radius 1 is 1.61 bits per heavy atom. The van der Waals surface area contributed by atoms with Gasteiger partial charge in [-0.25, -0.2) is 0 Å². The van der Waals surface area contributed by atoms with Gasteiger partial charge in [-0.3, -0.25) is 9.48 Å². The third-order valence-corrected chi connectivity index (χ3v) is 2.91. The second-order valence-corrected chi connectivity index (χ2v) is 4.84. The molecule has 0 radical (unpaired) electrons. The van der Waals surface area contributed by atoms with Crippen LogP contribution in [0.2, 0.25) is 0 Å². The van der Waals surface area contributed by atoms with E-state index in [9.17, 15) is 4.79 Å². The summed E-state index contributed by atoms with van der Waals surface area (Å²) in [6.45, 7) is 1.91. The second-order valence-electron chi connectivity index (χ2n) is 3.85. The number of rotatable bonds is 9. The zero-order valence-corrected chi connectivity index (χ0v) is 11.7. The molecule has 0 fully saturated rings. The number of nitrogens with zero attached hydrogens (tertiary/aromatic N) is 3. The maximum atomic E-state index is 11.4. The highest BCUT2D eigenvalue weighted by atomic mass is 32.2. The molecule has 7 heteroatoms. The SMILES string of the molecule is COCc1cn(CCCC(=O)NCCSC)nn1. The molecule has 1 heterocycles. The number of aromatic nitrogens is 3. The monoisotopic (exact) mass is 272 g/mol. The van der Waals surface area contributed by atoms with E-state index in [1.807, 2.05) is 12.5 Å². The van der Waals surface area contributed by atoms with Crippen LogP contribution >= 0.6 is 11.8 Å². The normalized spacial score (nSPS) is 10.6. The van der Waals surface area contributed by atoms with E-state index in [4.69, 9.17) is 4.74 Å². The Balaban J connectivity index is 2.14. The number of hydrogen-bond donors (Lipinski definition) is 1. The first kappa shape index (κ1) is 15.0. The van der Waals surface area contributed by atoms with Gasteiger partial charge in [0.05, 0.1) is 12.8 Å². The molecule has 0 aliphatic rings. The van der Waals surface area contributed by atoms with Gasteiger partial charge in [-0.2, -0.15) is 11.8 Å². The number of hydrogen-bond acceptors (Lipinski definition) is 5. The van der Waals surface area contributed by atoms with Crippen molar-refractivity contribution in [1.82, 2.24) is 20.3 Å². The van der Waals surface area contributed by atoms with Gasteiger partial charge in [-0.1, -0.05) is 5.21 Å². The van der Waals surface area contributed by atoms with Gasteiger partial charge in [-0.15, -0.1) is 5.10 Å². The highest BCUT2D eigenvalue weighted by Crippen LogP contribution is 1.98. The number of amides is 1. The van der Waals surface area contributed by atoms with Gasteiger partial charge in [-0.05, 0) is 12.7 Å². The first-order valence-corrected chi connectivity index (χ1v) is 7.29. The van der Waals surface area contributed by atoms with E-state index in [1.54, 1.807) is 23.6 Å². The first-order chi connectivity index (χ1) is 8.76. The Morgan fingerprint density at radius 3 is 3.17 bits per heavy atom. The average Bonchev–Trinajstić information content (AvgIpc) is 2.78. The van der Waals surface area contributed by atoms with Crippen LogP contribution in [0.1, 0.15) is 18.5 Å². The van der Waals surface area contributed by atoms with E-state index >= 15 is 0 Å². The van der Waals surface area contributed by atoms with Crippen LogP contribution < -0.4 is 5.32 Å². The molecule has 1 amide bonds. The molecule has 0 spiro atoms. The topological polar surface area (TPSA) is 69.0 Å². The lowest BCUT2D eigenvalue weighted by atomic mass is 10.3. The summed E-state index contributed by atoms with van der Waals surface area (Å²) in [5, 5.41) is 10.8. The average molecular weight is 272 g/mol. The lowest BCUT2D eigenvalue weighted by Gasteiger charge is -2.03. The minimum atomic E-state index is 0.0984. The first-order valence-electron chi connectivity index (χ1n) is 5.90. The predicted molar refractivity (Wildman–Crippen MR) is 71.4 cm³/mol. The molecule has 0 aliphatic heterocycles. The van der Waals surface area contributed by atoms with Crippen molar-refractivity contribution >= 4 is 17.7 Å². The van der Waals surface area contributed by atoms with Crippen molar-refractivity contribution < 1.29 is 9.53 Å². The Morgan fingerprint density at radius 2 is 2.44 bits per heavy atom. The van der Waals surface area contributed by atoms with Gasteiger partial charge in [0.15, 0.2) is 0 Å². The summed E-state index contributed by atoms with van der Waals surface area (Å²) in [5.74, 6) is 1.05. The van der Waals surface area contributed by atoms with Gasteiger partial charge in [0.25, 0.3) is 0 Å². The molecule has 0 saturated heterocycles. The molecule has 6 nitrogen and oxygen atoms in total. The van der Waals surface area contributed by atoms with Crippen molar-refractivity contribution in [3.8, 4) is 0 Å². The van der Waals surface area contributed by atoms with Crippen molar-refractivity contribution in [2.24, 2.45) is 0 Å². The Bertz CT molecular complexity index is 357. The number of methoxy groups -OCH3 is 1. The molecule has 0 aliphatic carbocycles. The van der Waals surface area contributed by atoms with Crippen LogP contribution in [0.4, 0.5) is 0 Å². The van der Waals surface area contributed by atoms with E-state index in [0.717, 1.165) is 24.4 Å². The van der Waals surface area contributed by atoms with Crippen LogP contribution in [-0.2, 0) is 22.7 Å². The zero-order chi connectivity index (χ0) is 13.2. The number of ether oxygens (including phenoxy) is 1. The molecule has 1 aromatic rings. The Kier molecular flexibility index (Phi) is 7.43. The summed E-state index contributed by atoms with van der Waals surface area (Å²) >= 11 is 1.72. The van der Waals surface area contributed by atoms with Crippen molar-refractivity contribution in [1.29, 1.82) is 0 Å². The molecule has 0 unspecified atom stereocenters. The summed E-state index contributed by atoms with van der Waals surface area (Å²) in [7, 11) is 1.62. The van der Waals surface area contributed by atoms with Gasteiger partial charge >= 0.3 is 0 Å². The molecule has 0 atom stereocenters. The van der Waals surface area contributed by atoms with Crippen molar-refractivity contribution in [3.63, 3.8) is 0 Å². The molecular formula is C11H20N4O2S. The van der Waals surface area contributed by atoms with Crippen LogP contribution in [0.5, 0.6) is 0 Å². The summed E-state index contributed by atoms with van der Waals surface area (Å²) in [5.41, 5.74) is 0.807. The molecule has 1 rings (SSSR count). The van der Waals surface area contributed by atoms with Gasteiger partial charge in [0, 0.05) is 32.4 Å². The van der Waals surface area contributed by atoms with Crippen molar-refractivity contribution in [2.75, 3.05) is 25.7 Å². The summed E-state index contributed by atoms with van der Waals surface area (Å²) in [6, 6.07) is 0. The van der Waals surface area contributed by atoms with E-state index < -0.39 is 0 Å². The maximum absolute atomic E-state index is 11.4. The molecule has 0 bridgehead atoms. The van der Waals surface area contributed by atoms with Crippen LogP contribution in [-0.4, -0.2) is 46.6 Å². The molecule has 18 heavy (non-hydrogen) atoms. The van der Waals surface area contributed by atoms with Crippen LogP contribution in [0.15, 0.2) is 6.20 Å². The lowest BCUT2D eigenvalue weighted by Crippen LogP contribution is -2.25. The summed E-state index contributed by atoms with van der Waals surface area (Å²) in [6.07, 6.45) is 5.15. The van der Waals surface area contributed by atoms with Crippen LogP contribution in [0.25, 0.3) is 0 Å². The van der Waals surface area contributed by atoms with Gasteiger partial charge in [0.2, 0.25) is 5.91 Å². The quantitative estimate of drug-likeness (QED) is 0.670. The largest absolute Gasteiger partial charge is 0.378 e. The van der Waals surface area contributed by atoms with Crippen molar-refractivity contribution in [2.45, 2.75) is 26.0 Å². The van der Waals surface area contributed by atoms with E-state index in [0.29, 0.717) is 19.6 Å². The number of aryl methyl sites for hydroxylation is 1. The lowest BCUT2D eigenvalue weighted by molar-refractivity contribution is -0.121. The van der Waals surface area contributed by atoms with Crippen LogP contribution in [0, 0.1) is 0 Å². The fourth-order valence-electron chi connectivity index (χ4n) is 1.44. The molecule has 0 saturated carbocycles. The number of carbonyl (C=O) groups is 1. The number of nitrogens with one attached hydrogen (secondary N) is 1. The standard InChI is InChI=1S/C11H20N4O2S/c1-17-9-10-8-15(14-13-10)6-3-4-11(16)12-5-7-18-2/h8H,3-7,9H2,1-2H3,(H,12,16). The number of carbonyl (C=O) groups excluding carboxylic acids is 1. The molecule has 1 N–H and O–H groups in total. The molecular weight excluding hydrogens is 252 g/mol. The van der Waals surface area contributed by atoms with Crippen molar-refractivity contribution in [3.05, 3.63) is 11.9 Å². The van der Waals surface area contributed by atoms with E-state index in [-0.39, 0.29) is 5.91 Å². The van der Waals surface area contributed by atoms with Crippen LogP contribution in [0.3, 0.4) is 0 Å². The smallest absolute Gasteiger partial charge is 0.220 e. The highest BCUT2D eigenvalue weighted by molar-refractivity contribution is 7.98. The summed E-state index contributed by atoms with van der Waals surface area (Å²) < 4.78 is 6.70. The third kappa shape index (κ3) is 6.02.